The van der Waals surface area contributed by atoms with E-state index in [0.29, 0.717) is 23.1 Å². The zero-order valence-corrected chi connectivity index (χ0v) is 18.8. The Kier molecular flexibility index (Phi) is 5.80. The van der Waals surface area contributed by atoms with Gasteiger partial charge in [-0.1, -0.05) is 29.3 Å². The van der Waals surface area contributed by atoms with Gasteiger partial charge in [0.25, 0.3) is 0 Å². The molecule has 0 saturated heterocycles. The summed E-state index contributed by atoms with van der Waals surface area (Å²) in [5.74, 6) is 0.759. The van der Waals surface area contributed by atoms with Crippen molar-refractivity contribution in [2.24, 2.45) is 0 Å². The molecular formula is C22H25Cl2N5O. The zero-order valence-electron chi connectivity index (χ0n) is 17.3. The molecule has 8 heteroatoms. The van der Waals surface area contributed by atoms with E-state index in [4.69, 9.17) is 28.2 Å². The minimum absolute atomic E-state index is 0.0565. The standard InChI is InChI=1S/C22H25Cl2N5O/c1-4-27(5-2)20-8-6-7-18-21(20)29-13-16(25-14(3)30)12-28(22(29)26-18)19-10-9-15(23)11-17(19)24/h6-11,16H,4-5,12-13H2,1-3H3,(H,25,30). The summed E-state index contributed by atoms with van der Waals surface area (Å²) in [6, 6.07) is 11.6. The van der Waals surface area contributed by atoms with Gasteiger partial charge in [0.15, 0.2) is 0 Å². The van der Waals surface area contributed by atoms with Crippen LogP contribution in [0, 0.1) is 0 Å². The third kappa shape index (κ3) is 3.70. The molecule has 1 aliphatic heterocycles. The summed E-state index contributed by atoms with van der Waals surface area (Å²) in [4.78, 5) is 21.2. The Balaban J connectivity index is 1.92. The smallest absolute Gasteiger partial charge is 0.217 e. The third-order valence-electron chi connectivity index (χ3n) is 5.48. The number of imidazole rings is 1. The van der Waals surface area contributed by atoms with Crippen LogP contribution >= 0.6 is 23.2 Å². The second-order valence-corrected chi connectivity index (χ2v) is 8.29. The van der Waals surface area contributed by atoms with E-state index in [9.17, 15) is 4.79 Å². The Labute approximate surface area is 186 Å². The van der Waals surface area contributed by atoms with Crippen molar-refractivity contribution >= 4 is 57.5 Å². The number of hydrogen-bond donors (Lipinski definition) is 1. The fourth-order valence-electron chi connectivity index (χ4n) is 4.22. The quantitative estimate of drug-likeness (QED) is 0.609. The van der Waals surface area contributed by atoms with Crippen molar-refractivity contribution in [1.29, 1.82) is 0 Å². The van der Waals surface area contributed by atoms with E-state index in [-0.39, 0.29) is 11.9 Å². The summed E-state index contributed by atoms with van der Waals surface area (Å²) >= 11 is 12.7. The van der Waals surface area contributed by atoms with Gasteiger partial charge in [-0.2, -0.15) is 0 Å². The van der Waals surface area contributed by atoms with Crippen molar-refractivity contribution in [2.75, 3.05) is 29.4 Å². The number of carbonyl (C=O) groups is 1. The first-order valence-corrected chi connectivity index (χ1v) is 10.9. The summed E-state index contributed by atoms with van der Waals surface area (Å²) < 4.78 is 2.19. The van der Waals surface area contributed by atoms with Crippen molar-refractivity contribution in [3.63, 3.8) is 0 Å². The van der Waals surface area contributed by atoms with E-state index in [1.54, 1.807) is 13.0 Å². The second-order valence-electron chi connectivity index (χ2n) is 7.44. The van der Waals surface area contributed by atoms with Gasteiger partial charge in [0, 0.05) is 38.1 Å². The fourth-order valence-corrected chi connectivity index (χ4v) is 4.73. The molecule has 4 rings (SSSR count). The Morgan fingerprint density at radius 1 is 1.20 bits per heavy atom. The molecule has 0 bridgehead atoms. The molecule has 1 aromatic heterocycles. The van der Waals surface area contributed by atoms with Gasteiger partial charge in [0.2, 0.25) is 11.9 Å². The summed E-state index contributed by atoms with van der Waals surface area (Å²) in [5, 5.41) is 4.20. The van der Waals surface area contributed by atoms with Crippen LogP contribution < -0.4 is 15.1 Å². The molecule has 3 aromatic rings. The van der Waals surface area contributed by atoms with Crippen molar-refractivity contribution in [3.05, 3.63) is 46.4 Å². The molecule has 0 saturated carbocycles. The van der Waals surface area contributed by atoms with Gasteiger partial charge in [0.05, 0.1) is 33.5 Å². The van der Waals surface area contributed by atoms with Crippen LogP contribution in [-0.2, 0) is 11.3 Å². The number of aromatic nitrogens is 2. The molecule has 0 radical (unpaired) electrons. The van der Waals surface area contributed by atoms with Crippen LogP contribution in [0.15, 0.2) is 36.4 Å². The molecule has 2 aromatic carbocycles. The van der Waals surface area contributed by atoms with Crippen molar-refractivity contribution in [2.45, 2.75) is 33.4 Å². The number of nitrogens with zero attached hydrogens (tertiary/aromatic N) is 4. The van der Waals surface area contributed by atoms with Crippen LogP contribution in [-0.4, -0.2) is 41.1 Å². The van der Waals surface area contributed by atoms with Crippen LogP contribution in [0.4, 0.5) is 17.3 Å². The molecule has 1 amide bonds. The van der Waals surface area contributed by atoms with Gasteiger partial charge in [-0.15, -0.1) is 0 Å². The number of carbonyl (C=O) groups excluding carboxylic acids is 1. The number of fused-ring (bicyclic) bond motifs is 3. The molecule has 0 fully saturated rings. The first-order chi connectivity index (χ1) is 14.4. The van der Waals surface area contributed by atoms with Crippen LogP contribution in [0.1, 0.15) is 20.8 Å². The summed E-state index contributed by atoms with van der Waals surface area (Å²) in [7, 11) is 0. The maximum Gasteiger partial charge on any atom is 0.217 e. The molecule has 2 heterocycles. The first kappa shape index (κ1) is 20.8. The number of amides is 1. The lowest BCUT2D eigenvalue weighted by atomic mass is 10.1. The average molecular weight is 446 g/mol. The average Bonchev–Trinajstić information content (AvgIpc) is 3.07. The Bertz CT molecular complexity index is 1090. The highest BCUT2D eigenvalue weighted by molar-refractivity contribution is 6.36. The number of para-hydroxylation sites is 1. The number of anilines is 3. The van der Waals surface area contributed by atoms with E-state index < -0.39 is 0 Å². The van der Waals surface area contributed by atoms with Crippen molar-refractivity contribution in [3.8, 4) is 0 Å². The fraction of sp³-hybridized carbons (Fsp3) is 0.364. The highest BCUT2D eigenvalue weighted by atomic mass is 35.5. The number of benzene rings is 2. The Morgan fingerprint density at radius 2 is 1.97 bits per heavy atom. The molecule has 1 N–H and O–H groups in total. The normalized spacial score (nSPS) is 15.9. The molecule has 1 unspecified atom stereocenters. The predicted octanol–water partition coefficient (Wildman–Crippen LogP) is 4.85. The summed E-state index contributed by atoms with van der Waals surface area (Å²) in [5.41, 5.74) is 3.95. The maximum absolute atomic E-state index is 11.8. The maximum atomic E-state index is 11.8. The van der Waals surface area contributed by atoms with Gasteiger partial charge in [-0.05, 0) is 44.2 Å². The van der Waals surface area contributed by atoms with Crippen molar-refractivity contribution in [1.82, 2.24) is 14.9 Å². The van der Waals surface area contributed by atoms with Gasteiger partial charge < -0.3 is 19.7 Å². The lowest BCUT2D eigenvalue weighted by molar-refractivity contribution is -0.119. The number of nitrogens with one attached hydrogen (secondary N) is 1. The number of rotatable bonds is 5. The van der Waals surface area contributed by atoms with Crippen LogP contribution in [0.25, 0.3) is 11.0 Å². The molecule has 1 atom stereocenters. The van der Waals surface area contributed by atoms with E-state index in [1.807, 2.05) is 24.3 Å². The van der Waals surface area contributed by atoms with Gasteiger partial charge in [-0.25, -0.2) is 4.98 Å². The van der Waals surface area contributed by atoms with Crippen LogP contribution in [0.5, 0.6) is 0 Å². The lowest BCUT2D eigenvalue weighted by Crippen LogP contribution is -2.48. The summed E-state index contributed by atoms with van der Waals surface area (Å²) in [6.45, 7) is 8.86. The zero-order chi connectivity index (χ0) is 21.4. The van der Waals surface area contributed by atoms with E-state index in [2.05, 4.69) is 39.6 Å². The lowest BCUT2D eigenvalue weighted by Gasteiger charge is -2.35. The van der Waals surface area contributed by atoms with E-state index in [0.717, 1.165) is 41.4 Å². The highest BCUT2D eigenvalue weighted by Crippen LogP contribution is 2.39. The minimum atomic E-state index is -0.0797. The van der Waals surface area contributed by atoms with Crippen molar-refractivity contribution < 1.29 is 4.79 Å². The summed E-state index contributed by atoms with van der Waals surface area (Å²) in [6.07, 6.45) is 0. The predicted molar refractivity (Wildman–Crippen MR) is 124 cm³/mol. The SMILES string of the molecule is CCN(CC)c1cccc2nc3n(c12)CC(NC(C)=O)CN3c1ccc(Cl)cc1Cl. The van der Waals surface area contributed by atoms with Crippen LogP contribution in [0.3, 0.4) is 0 Å². The monoisotopic (exact) mass is 445 g/mol. The van der Waals surface area contributed by atoms with E-state index >= 15 is 0 Å². The molecular weight excluding hydrogens is 421 g/mol. The molecule has 30 heavy (non-hydrogen) atoms. The molecule has 0 spiro atoms. The Morgan fingerprint density at radius 3 is 2.63 bits per heavy atom. The third-order valence-corrected chi connectivity index (χ3v) is 6.02. The number of hydrogen-bond acceptors (Lipinski definition) is 4. The molecule has 158 valence electrons. The van der Waals surface area contributed by atoms with Gasteiger partial charge in [-0.3, -0.25) is 4.79 Å². The number of halogens is 2. The minimum Gasteiger partial charge on any atom is -0.370 e. The van der Waals surface area contributed by atoms with Crippen LogP contribution in [0.2, 0.25) is 10.0 Å². The Hall–Kier alpha value is -2.44. The second kappa shape index (κ2) is 8.36. The van der Waals surface area contributed by atoms with E-state index in [1.165, 1.54) is 0 Å². The van der Waals surface area contributed by atoms with Gasteiger partial charge >= 0.3 is 0 Å². The molecule has 0 aliphatic carbocycles. The molecule has 1 aliphatic rings. The topological polar surface area (TPSA) is 53.4 Å². The first-order valence-electron chi connectivity index (χ1n) is 10.2. The molecule has 6 nitrogen and oxygen atoms in total. The highest BCUT2D eigenvalue weighted by Gasteiger charge is 2.31. The van der Waals surface area contributed by atoms with Gasteiger partial charge in [0.1, 0.15) is 0 Å². The largest absolute Gasteiger partial charge is 0.370 e.